The first kappa shape index (κ1) is 18.8. The van der Waals surface area contributed by atoms with Crippen molar-refractivity contribution in [1.29, 1.82) is 0 Å². The highest BCUT2D eigenvalue weighted by molar-refractivity contribution is 6.74. The van der Waals surface area contributed by atoms with Crippen molar-refractivity contribution < 1.29 is 14.0 Å². The van der Waals surface area contributed by atoms with Crippen LogP contribution in [0.5, 0.6) is 0 Å². The van der Waals surface area contributed by atoms with Gasteiger partial charge >= 0.3 is 0 Å². The summed E-state index contributed by atoms with van der Waals surface area (Å²) in [6, 6.07) is 0. The molecule has 2 fully saturated rings. The summed E-state index contributed by atoms with van der Waals surface area (Å²) in [7, 11) is -1.97. The lowest BCUT2D eigenvalue weighted by molar-refractivity contribution is -0.139. The van der Waals surface area contributed by atoms with E-state index in [4.69, 9.17) is 4.43 Å². The van der Waals surface area contributed by atoms with Crippen LogP contribution in [-0.2, 0) is 14.0 Å². The molecule has 0 aromatic rings. The van der Waals surface area contributed by atoms with Crippen molar-refractivity contribution in [2.45, 2.75) is 91.5 Å². The van der Waals surface area contributed by atoms with E-state index in [0.29, 0.717) is 6.42 Å². The fourth-order valence-corrected chi connectivity index (χ4v) is 5.88. The Morgan fingerprint density at radius 1 is 1.26 bits per heavy atom. The van der Waals surface area contributed by atoms with Gasteiger partial charge in [-0.05, 0) is 49.7 Å². The van der Waals surface area contributed by atoms with Gasteiger partial charge in [-0.25, -0.2) is 0 Å². The van der Waals surface area contributed by atoms with Gasteiger partial charge in [0.25, 0.3) is 0 Å². The van der Waals surface area contributed by atoms with E-state index in [1.165, 1.54) is 0 Å². The second-order valence-corrected chi connectivity index (χ2v) is 14.8. The summed E-state index contributed by atoms with van der Waals surface area (Å²) in [4.78, 5) is 25.3. The Labute approximate surface area is 142 Å². The molecule has 2 rings (SSSR count). The van der Waals surface area contributed by atoms with Crippen LogP contribution in [0, 0.1) is 16.7 Å². The lowest BCUT2D eigenvalue weighted by atomic mass is 9.72. The number of hydrogen-bond donors (Lipinski definition) is 0. The zero-order valence-corrected chi connectivity index (χ0v) is 17.2. The van der Waals surface area contributed by atoms with Crippen LogP contribution in [-0.4, -0.2) is 26.0 Å². The van der Waals surface area contributed by atoms with Crippen LogP contribution in [0.15, 0.2) is 0 Å². The summed E-state index contributed by atoms with van der Waals surface area (Å²) in [5.41, 5.74) is -0.532. The monoisotopic (exact) mass is 338 g/mol. The van der Waals surface area contributed by atoms with Gasteiger partial charge in [-0.2, -0.15) is 0 Å². The molecule has 132 valence electrons. The molecule has 1 spiro atoms. The molecule has 0 heterocycles. The fourth-order valence-electron chi connectivity index (χ4n) is 4.49. The zero-order chi connectivity index (χ0) is 17.8. The first-order valence-electron chi connectivity index (χ1n) is 8.94. The Bertz CT molecular complexity index is 515. The largest absolute Gasteiger partial charge is 0.413 e. The average molecular weight is 339 g/mol. The molecule has 2 saturated carbocycles. The topological polar surface area (TPSA) is 43.4 Å². The van der Waals surface area contributed by atoms with E-state index >= 15 is 0 Å². The highest BCUT2D eigenvalue weighted by Gasteiger charge is 2.64. The van der Waals surface area contributed by atoms with E-state index in [9.17, 15) is 9.59 Å². The van der Waals surface area contributed by atoms with Crippen molar-refractivity contribution in [2.75, 3.05) is 0 Å². The van der Waals surface area contributed by atoms with Crippen LogP contribution >= 0.6 is 0 Å². The molecule has 0 bridgehead atoms. The number of Topliss-reactive ketones (excluding diaryl/α,β-unsaturated/α-hetero) is 2. The van der Waals surface area contributed by atoms with Crippen LogP contribution < -0.4 is 0 Å². The van der Waals surface area contributed by atoms with E-state index in [0.717, 1.165) is 19.3 Å². The van der Waals surface area contributed by atoms with Gasteiger partial charge in [-0.3, -0.25) is 9.59 Å². The standard InChI is InChI=1S/C19H34O3Si/c1-13(20)14-11-18(5,6)12-19(14)15(21)9-10-16(19)22-23(7,8)17(2,3)4/h14,16H,9-12H2,1-8H3/t14?,16-,19-/m1/s1. The van der Waals surface area contributed by atoms with Crippen molar-refractivity contribution >= 4 is 19.9 Å². The summed E-state index contributed by atoms with van der Waals surface area (Å²) in [6.07, 6.45) is 2.88. The quantitative estimate of drug-likeness (QED) is 0.697. The molecule has 0 aliphatic heterocycles. The van der Waals surface area contributed by atoms with Crippen molar-refractivity contribution in [2.24, 2.45) is 16.7 Å². The van der Waals surface area contributed by atoms with Crippen LogP contribution in [0.2, 0.25) is 18.1 Å². The van der Waals surface area contributed by atoms with Gasteiger partial charge in [-0.1, -0.05) is 34.6 Å². The third-order valence-corrected chi connectivity index (χ3v) is 11.1. The van der Waals surface area contributed by atoms with E-state index in [2.05, 4.69) is 47.7 Å². The number of rotatable bonds is 3. The predicted molar refractivity (Wildman–Crippen MR) is 95.9 cm³/mol. The molecule has 0 amide bonds. The summed E-state index contributed by atoms with van der Waals surface area (Å²) >= 11 is 0. The number of carbonyl (C=O) groups is 2. The minimum atomic E-state index is -1.97. The molecule has 0 aromatic carbocycles. The van der Waals surface area contributed by atoms with Gasteiger partial charge in [0.05, 0.1) is 11.5 Å². The maximum Gasteiger partial charge on any atom is 0.192 e. The lowest BCUT2D eigenvalue weighted by Gasteiger charge is -2.44. The summed E-state index contributed by atoms with van der Waals surface area (Å²) < 4.78 is 6.71. The van der Waals surface area contributed by atoms with Crippen molar-refractivity contribution in [3.8, 4) is 0 Å². The van der Waals surface area contributed by atoms with Crippen LogP contribution in [0.4, 0.5) is 0 Å². The van der Waals surface area contributed by atoms with Gasteiger partial charge in [0.1, 0.15) is 11.6 Å². The second-order valence-electron chi connectivity index (χ2n) is 10.1. The highest BCUT2D eigenvalue weighted by Crippen LogP contribution is 2.60. The molecule has 2 aliphatic rings. The van der Waals surface area contributed by atoms with E-state index in [1.54, 1.807) is 6.92 Å². The van der Waals surface area contributed by atoms with Crippen LogP contribution in [0.25, 0.3) is 0 Å². The highest BCUT2D eigenvalue weighted by atomic mass is 28.4. The Morgan fingerprint density at radius 2 is 1.83 bits per heavy atom. The minimum Gasteiger partial charge on any atom is -0.413 e. The Morgan fingerprint density at radius 3 is 2.30 bits per heavy atom. The van der Waals surface area contributed by atoms with E-state index in [1.807, 2.05) is 0 Å². The molecule has 0 radical (unpaired) electrons. The SMILES string of the molecule is CC(=O)C1CC(C)(C)C[C@]12C(=O)CC[C@H]2O[Si](C)(C)C(C)(C)C. The van der Waals surface area contributed by atoms with Crippen molar-refractivity contribution in [3.63, 3.8) is 0 Å². The van der Waals surface area contributed by atoms with Crippen LogP contribution in [0.3, 0.4) is 0 Å². The fraction of sp³-hybridized carbons (Fsp3) is 0.895. The van der Waals surface area contributed by atoms with Gasteiger partial charge < -0.3 is 4.43 Å². The molecule has 0 saturated heterocycles. The Hall–Kier alpha value is -0.483. The molecular formula is C19H34O3Si. The predicted octanol–water partition coefficient (Wildman–Crippen LogP) is 4.75. The van der Waals surface area contributed by atoms with Crippen molar-refractivity contribution in [1.82, 2.24) is 0 Å². The normalized spacial score (nSPS) is 34.3. The Kier molecular flexibility index (Phi) is 4.52. The minimum absolute atomic E-state index is 0.0331. The maximum absolute atomic E-state index is 12.9. The van der Waals surface area contributed by atoms with Gasteiger partial charge in [0.2, 0.25) is 0 Å². The number of ketones is 2. The van der Waals surface area contributed by atoms with E-state index < -0.39 is 13.7 Å². The van der Waals surface area contributed by atoms with Gasteiger partial charge in [0.15, 0.2) is 8.32 Å². The lowest BCUT2D eigenvalue weighted by Crippen LogP contribution is -2.51. The molecule has 23 heavy (non-hydrogen) atoms. The summed E-state index contributed by atoms with van der Waals surface area (Å²) in [5, 5.41) is 0.111. The summed E-state index contributed by atoms with van der Waals surface area (Å²) in [6.45, 7) is 17.2. The third kappa shape index (κ3) is 3.09. The number of hydrogen-bond acceptors (Lipinski definition) is 3. The smallest absolute Gasteiger partial charge is 0.192 e. The van der Waals surface area contributed by atoms with Gasteiger partial charge in [-0.15, -0.1) is 0 Å². The second kappa shape index (κ2) is 5.52. The molecule has 0 N–H and O–H groups in total. The van der Waals surface area contributed by atoms with E-state index in [-0.39, 0.29) is 34.0 Å². The average Bonchev–Trinajstić information content (AvgIpc) is 2.80. The molecular weight excluding hydrogens is 304 g/mol. The molecule has 3 atom stereocenters. The van der Waals surface area contributed by atoms with Gasteiger partial charge in [0, 0.05) is 12.3 Å². The Balaban J connectivity index is 2.41. The summed E-state index contributed by atoms with van der Waals surface area (Å²) in [5.74, 6) is 0.268. The molecule has 2 aliphatic carbocycles. The molecule has 3 nitrogen and oxygen atoms in total. The first-order chi connectivity index (χ1) is 10.2. The van der Waals surface area contributed by atoms with Crippen LogP contribution in [0.1, 0.15) is 67.2 Å². The molecule has 0 aromatic heterocycles. The first-order valence-corrected chi connectivity index (χ1v) is 11.9. The number of carbonyl (C=O) groups excluding carboxylic acids is 2. The molecule has 4 heteroatoms. The zero-order valence-electron chi connectivity index (χ0n) is 16.2. The maximum atomic E-state index is 12.9. The molecule has 1 unspecified atom stereocenters. The third-order valence-electron chi connectivity index (χ3n) is 6.61. The van der Waals surface area contributed by atoms with Crippen molar-refractivity contribution in [3.05, 3.63) is 0 Å².